The summed E-state index contributed by atoms with van der Waals surface area (Å²) in [5, 5.41) is 22.9. The van der Waals surface area contributed by atoms with Crippen molar-refractivity contribution in [3.8, 4) is 0 Å². The molecule has 0 aromatic heterocycles. The first kappa shape index (κ1) is 14.3. The van der Waals surface area contributed by atoms with E-state index < -0.39 is 16.6 Å². The highest BCUT2D eigenvalue weighted by Gasteiger charge is 2.24. The lowest BCUT2D eigenvalue weighted by molar-refractivity contribution is -0.385. The van der Waals surface area contributed by atoms with Gasteiger partial charge in [-0.2, -0.15) is 0 Å². The summed E-state index contributed by atoms with van der Waals surface area (Å²) in [6.07, 6.45) is 2.04. The van der Waals surface area contributed by atoms with Crippen molar-refractivity contribution in [3.05, 3.63) is 33.9 Å². The van der Waals surface area contributed by atoms with Gasteiger partial charge in [0, 0.05) is 24.4 Å². The fourth-order valence-corrected chi connectivity index (χ4v) is 2.31. The number of nitrogens with one attached hydrogen (secondary N) is 1. The molecule has 1 saturated heterocycles. The molecule has 2 rings (SSSR count). The van der Waals surface area contributed by atoms with E-state index in [1.165, 1.54) is 18.2 Å². The third-order valence-corrected chi connectivity index (χ3v) is 3.34. The molecule has 1 aliphatic heterocycles. The van der Waals surface area contributed by atoms with Gasteiger partial charge >= 0.3 is 5.97 Å². The van der Waals surface area contributed by atoms with Crippen LogP contribution in [-0.2, 0) is 4.74 Å². The van der Waals surface area contributed by atoms with E-state index in [-0.39, 0.29) is 17.7 Å². The van der Waals surface area contributed by atoms with Gasteiger partial charge in [-0.25, -0.2) is 4.79 Å². The van der Waals surface area contributed by atoms with Crippen LogP contribution in [0.5, 0.6) is 0 Å². The second kappa shape index (κ2) is 5.87. The molecule has 0 aliphatic carbocycles. The van der Waals surface area contributed by atoms with Gasteiger partial charge in [-0.1, -0.05) is 0 Å². The molecule has 20 heavy (non-hydrogen) atoms. The maximum atomic E-state index is 11.1. The minimum Gasteiger partial charge on any atom is -0.477 e. The molecule has 1 aromatic rings. The molecule has 0 saturated carbocycles. The summed E-state index contributed by atoms with van der Waals surface area (Å²) in [4.78, 5) is 21.1. The van der Waals surface area contributed by atoms with Crippen molar-refractivity contribution >= 4 is 17.3 Å². The normalized spacial score (nSPS) is 19.6. The van der Waals surface area contributed by atoms with Gasteiger partial charge < -0.3 is 15.2 Å². The maximum absolute atomic E-state index is 11.1. The zero-order valence-corrected chi connectivity index (χ0v) is 11.0. The number of carboxylic acids is 1. The van der Waals surface area contributed by atoms with Crippen LogP contribution in [0.4, 0.5) is 11.4 Å². The molecule has 0 amide bonds. The fourth-order valence-electron chi connectivity index (χ4n) is 2.31. The number of nitrogens with zero attached hydrogens (tertiary/aromatic N) is 1. The molecule has 0 spiro atoms. The van der Waals surface area contributed by atoms with Crippen LogP contribution in [-0.4, -0.2) is 34.8 Å². The van der Waals surface area contributed by atoms with Crippen LogP contribution >= 0.6 is 0 Å². The fraction of sp³-hybridized carbons (Fsp3) is 0.462. The van der Waals surface area contributed by atoms with Crippen molar-refractivity contribution in [1.29, 1.82) is 0 Å². The van der Waals surface area contributed by atoms with Crippen molar-refractivity contribution in [3.63, 3.8) is 0 Å². The Balaban J connectivity index is 2.18. The Morgan fingerprint density at radius 1 is 1.60 bits per heavy atom. The lowest BCUT2D eigenvalue weighted by atomic mass is 10.1. The Bertz CT molecular complexity index is 525. The quantitative estimate of drug-likeness (QED) is 0.633. The lowest BCUT2D eigenvalue weighted by Gasteiger charge is -2.21. The molecular formula is C13H16N2O5. The Morgan fingerprint density at radius 3 is 2.90 bits per heavy atom. The first-order valence-electron chi connectivity index (χ1n) is 6.39. The maximum Gasteiger partial charge on any atom is 0.342 e. The second-order valence-electron chi connectivity index (χ2n) is 4.78. The highest BCUT2D eigenvalue weighted by Crippen LogP contribution is 2.25. The van der Waals surface area contributed by atoms with Crippen LogP contribution in [0.25, 0.3) is 0 Å². The van der Waals surface area contributed by atoms with E-state index in [2.05, 4.69) is 5.32 Å². The summed E-state index contributed by atoms with van der Waals surface area (Å²) < 4.78 is 5.54. The average Bonchev–Trinajstić information content (AvgIpc) is 2.92. The summed E-state index contributed by atoms with van der Waals surface area (Å²) in [6, 6.07) is 4.01. The predicted octanol–water partition coefficient (Wildman–Crippen LogP) is 2.27. The highest BCUT2D eigenvalue weighted by atomic mass is 16.6. The summed E-state index contributed by atoms with van der Waals surface area (Å²) in [6.45, 7) is 2.68. The number of nitro benzene ring substituents is 1. The molecule has 7 heteroatoms. The van der Waals surface area contributed by atoms with Gasteiger partial charge in [0.2, 0.25) is 0 Å². The minimum absolute atomic E-state index is 0.0144. The number of benzene rings is 1. The zero-order chi connectivity index (χ0) is 14.7. The number of carbonyl (C=O) groups is 1. The van der Waals surface area contributed by atoms with E-state index in [9.17, 15) is 14.9 Å². The number of rotatable bonds is 5. The molecule has 2 N–H and O–H groups in total. The van der Waals surface area contributed by atoms with Crippen LogP contribution < -0.4 is 5.32 Å². The third kappa shape index (κ3) is 3.05. The van der Waals surface area contributed by atoms with Crippen LogP contribution in [0.15, 0.2) is 18.2 Å². The topological polar surface area (TPSA) is 102 Å². The minimum atomic E-state index is -1.31. The van der Waals surface area contributed by atoms with E-state index in [0.29, 0.717) is 5.69 Å². The molecule has 1 aliphatic rings. The highest BCUT2D eigenvalue weighted by molar-refractivity contribution is 5.93. The van der Waals surface area contributed by atoms with Crippen LogP contribution in [0.1, 0.15) is 30.1 Å². The molecular weight excluding hydrogens is 264 g/mol. The van der Waals surface area contributed by atoms with Crippen LogP contribution in [0, 0.1) is 10.1 Å². The Labute approximate surface area is 115 Å². The van der Waals surface area contributed by atoms with Crippen LogP contribution in [0.3, 0.4) is 0 Å². The lowest BCUT2D eigenvalue weighted by Crippen LogP contribution is -2.30. The van der Waals surface area contributed by atoms with Gasteiger partial charge in [-0.05, 0) is 31.9 Å². The van der Waals surface area contributed by atoms with E-state index in [4.69, 9.17) is 9.84 Å². The number of aromatic carboxylic acids is 1. The molecule has 7 nitrogen and oxygen atoms in total. The van der Waals surface area contributed by atoms with Gasteiger partial charge in [0.05, 0.1) is 11.0 Å². The standard InChI is InChI=1S/C13H16N2O5/c1-8(12-3-2-6-20-12)14-9-4-5-11(15(18)19)10(7-9)13(16)17/h4-5,7-8,12,14H,2-3,6H2,1H3,(H,16,17). The molecule has 2 atom stereocenters. The smallest absolute Gasteiger partial charge is 0.342 e. The Morgan fingerprint density at radius 2 is 2.35 bits per heavy atom. The largest absolute Gasteiger partial charge is 0.477 e. The SMILES string of the molecule is CC(Nc1ccc([N+](=O)[O-])c(C(=O)O)c1)C1CCCO1. The molecule has 1 aromatic carbocycles. The molecule has 2 unspecified atom stereocenters. The number of carboxylic acid groups (broad SMARTS) is 1. The number of ether oxygens (including phenoxy) is 1. The van der Waals surface area contributed by atoms with E-state index >= 15 is 0 Å². The first-order valence-corrected chi connectivity index (χ1v) is 6.39. The van der Waals surface area contributed by atoms with Crippen molar-refractivity contribution in [2.75, 3.05) is 11.9 Å². The summed E-state index contributed by atoms with van der Waals surface area (Å²) >= 11 is 0. The van der Waals surface area contributed by atoms with Crippen LogP contribution in [0.2, 0.25) is 0 Å². The van der Waals surface area contributed by atoms with E-state index in [0.717, 1.165) is 19.4 Å². The summed E-state index contributed by atoms with van der Waals surface area (Å²) in [5.41, 5.74) is -0.191. The Kier molecular flexibility index (Phi) is 4.19. The number of hydrogen-bond donors (Lipinski definition) is 2. The molecule has 1 heterocycles. The third-order valence-electron chi connectivity index (χ3n) is 3.34. The monoisotopic (exact) mass is 280 g/mol. The van der Waals surface area contributed by atoms with Gasteiger partial charge in [0.25, 0.3) is 5.69 Å². The summed E-state index contributed by atoms with van der Waals surface area (Å²) in [7, 11) is 0. The summed E-state index contributed by atoms with van der Waals surface area (Å²) in [5.74, 6) is -1.31. The molecule has 0 bridgehead atoms. The van der Waals surface area contributed by atoms with Crippen molar-refractivity contribution < 1.29 is 19.6 Å². The van der Waals surface area contributed by atoms with E-state index in [1.54, 1.807) is 0 Å². The van der Waals surface area contributed by atoms with E-state index in [1.807, 2.05) is 6.92 Å². The molecule has 108 valence electrons. The first-order chi connectivity index (χ1) is 9.49. The van der Waals surface area contributed by atoms with Crippen molar-refractivity contribution in [2.24, 2.45) is 0 Å². The van der Waals surface area contributed by atoms with Gasteiger partial charge in [-0.15, -0.1) is 0 Å². The van der Waals surface area contributed by atoms with Gasteiger partial charge in [0.1, 0.15) is 5.56 Å². The number of anilines is 1. The second-order valence-corrected chi connectivity index (χ2v) is 4.78. The zero-order valence-electron chi connectivity index (χ0n) is 11.0. The van der Waals surface area contributed by atoms with Gasteiger partial charge in [-0.3, -0.25) is 10.1 Å². The number of nitro groups is 1. The predicted molar refractivity (Wildman–Crippen MR) is 72.1 cm³/mol. The number of hydrogen-bond acceptors (Lipinski definition) is 5. The van der Waals surface area contributed by atoms with Crippen molar-refractivity contribution in [1.82, 2.24) is 0 Å². The average molecular weight is 280 g/mol. The molecule has 0 radical (unpaired) electrons. The van der Waals surface area contributed by atoms with Crippen molar-refractivity contribution in [2.45, 2.75) is 31.9 Å². The van der Waals surface area contributed by atoms with Gasteiger partial charge in [0.15, 0.2) is 0 Å². The Hall–Kier alpha value is -2.15. The molecule has 1 fully saturated rings.